The van der Waals surface area contributed by atoms with E-state index in [2.05, 4.69) is 17.3 Å². The average molecular weight is 726 g/mol. The van der Waals surface area contributed by atoms with Crippen LogP contribution in [0.1, 0.15) is 87.9 Å². The number of hydrogen-bond donors (Lipinski definition) is 1. The van der Waals surface area contributed by atoms with Gasteiger partial charge in [0.2, 0.25) is 5.91 Å². The van der Waals surface area contributed by atoms with Crippen LogP contribution in [0.4, 0.5) is 11.4 Å². The van der Waals surface area contributed by atoms with Crippen molar-refractivity contribution >= 4 is 81.6 Å². The van der Waals surface area contributed by atoms with Crippen LogP contribution in [0.25, 0.3) is 0 Å². The highest BCUT2D eigenvalue weighted by Crippen LogP contribution is 2.38. The number of ether oxygens (including phenoxy) is 2. The van der Waals surface area contributed by atoms with Gasteiger partial charge in [0.05, 0.1) is 39.0 Å². The van der Waals surface area contributed by atoms with E-state index in [9.17, 15) is 14.4 Å². The Balaban J connectivity index is 1.37. The summed E-state index contributed by atoms with van der Waals surface area (Å²) in [5.74, 6) is -0.415. The maximum Gasteiger partial charge on any atom is 0.338 e. The molecule has 2 saturated heterocycles. The van der Waals surface area contributed by atoms with Gasteiger partial charge in [-0.25, -0.2) is 14.8 Å². The fraction of sp³-hybridized carbons (Fsp3) is 0.529. The maximum absolute atomic E-state index is 13.7. The number of esters is 1. The first-order chi connectivity index (χ1) is 22.7. The first-order valence-corrected chi connectivity index (χ1v) is 18.5. The van der Waals surface area contributed by atoms with Gasteiger partial charge in [0.15, 0.2) is 11.9 Å². The minimum absolute atomic E-state index is 0.149. The number of amidine groups is 1. The number of aliphatic imine (C=N–C) groups is 1. The van der Waals surface area contributed by atoms with Crippen LogP contribution in [-0.2, 0) is 19.1 Å². The van der Waals surface area contributed by atoms with Crippen molar-refractivity contribution < 1.29 is 23.9 Å². The van der Waals surface area contributed by atoms with Gasteiger partial charge in [0, 0.05) is 12.1 Å². The number of hydrazine groups is 1. The molecule has 2 aliphatic heterocycles. The van der Waals surface area contributed by atoms with E-state index in [0.29, 0.717) is 22.2 Å². The van der Waals surface area contributed by atoms with Gasteiger partial charge >= 0.3 is 5.97 Å². The summed E-state index contributed by atoms with van der Waals surface area (Å²) in [7, 11) is 1.63. The van der Waals surface area contributed by atoms with Gasteiger partial charge in [-0.05, 0) is 36.8 Å². The number of anilines is 1. The number of unbranched alkanes of at least 4 members (excludes halogenated alkanes) is 9. The molecule has 0 aliphatic carbocycles. The molecule has 0 saturated carbocycles. The highest BCUT2D eigenvalue weighted by Gasteiger charge is 2.46. The van der Waals surface area contributed by atoms with Crippen LogP contribution in [-0.4, -0.2) is 66.0 Å². The zero-order valence-electron chi connectivity index (χ0n) is 26.9. The molecule has 9 nitrogen and oxygen atoms in total. The smallest absolute Gasteiger partial charge is 0.338 e. The van der Waals surface area contributed by atoms with E-state index >= 15 is 0 Å². The Kier molecular flexibility index (Phi) is 15.0. The topological polar surface area (TPSA) is 101 Å². The molecule has 13 heteroatoms. The Morgan fingerprint density at radius 2 is 1.66 bits per heavy atom. The Hall–Kier alpha value is -2.50. The van der Waals surface area contributed by atoms with E-state index in [-0.39, 0.29) is 45.9 Å². The Morgan fingerprint density at radius 3 is 2.28 bits per heavy atom. The van der Waals surface area contributed by atoms with Gasteiger partial charge in [-0.15, -0.1) is 11.8 Å². The van der Waals surface area contributed by atoms with Gasteiger partial charge < -0.3 is 14.4 Å². The second-order valence-corrected chi connectivity index (χ2v) is 13.9. The number of carbonyl (C=O) groups excluding carboxylic acids is 3. The molecule has 2 atom stereocenters. The van der Waals surface area contributed by atoms with Crippen molar-refractivity contribution in [3.05, 3.63) is 57.0 Å². The van der Waals surface area contributed by atoms with Crippen LogP contribution in [0, 0.1) is 0 Å². The molecule has 2 aromatic carbocycles. The lowest BCUT2D eigenvalue weighted by Crippen LogP contribution is -2.45. The minimum atomic E-state index is -1.04. The largest absolute Gasteiger partial charge is 0.459 e. The number of hydrogen-bond acceptors (Lipinski definition) is 7. The zero-order valence-corrected chi connectivity index (χ0v) is 30.0. The summed E-state index contributed by atoms with van der Waals surface area (Å²) in [6, 6.07) is 8.50. The van der Waals surface area contributed by atoms with Crippen LogP contribution in [0.15, 0.2) is 41.4 Å². The lowest BCUT2D eigenvalue weighted by atomic mass is 10.0. The third-order valence-corrected chi connectivity index (χ3v) is 9.88. The van der Waals surface area contributed by atoms with E-state index in [1.165, 1.54) is 85.2 Å². The molecule has 47 heavy (non-hydrogen) atoms. The van der Waals surface area contributed by atoms with Gasteiger partial charge in [-0.2, -0.15) is 0 Å². The first kappa shape index (κ1) is 37.3. The first-order valence-electron chi connectivity index (χ1n) is 16.2. The summed E-state index contributed by atoms with van der Waals surface area (Å²) < 4.78 is 11.2. The fourth-order valence-corrected chi connectivity index (χ4v) is 7.49. The molecule has 2 heterocycles. The summed E-state index contributed by atoms with van der Waals surface area (Å²) in [5, 5.41) is 1.79. The summed E-state index contributed by atoms with van der Waals surface area (Å²) in [5.41, 5.74) is 3.87. The van der Waals surface area contributed by atoms with Crippen LogP contribution in [0.5, 0.6) is 0 Å². The molecule has 2 amide bonds. The molecule has 1 N–H and O–H groups in total. The predicted octanol–water partition coefficient (Wildman–Crippen LogP) is 8.61. The predicted molar refractivity (Wildman–Crippen MR) is 191 cm³/mol. The normalized spacial score (nSPS) is 17.9. The number of amides is 2. The summed E-state index contributed by atoms with van der Waals surface area (Å²) in [4.78, 5) is 45.5. The second kappa shape index (κ2) is 18.9. The van der Waals surface area contributed by atoms with Gasteiger partial charge in [0.1, 0.15) is 12.3 Å². The van der Waals surface area contributed by atoms with Crippen LogP contribution in [0.2, 0.25) is 15.1 Å². The molecule has 256 valence electrons. The van der Waals surface area contributed by atoms with Crippen LogP contribution in [0.3, 0.4) is 0 Å². The van der Waals surface area contributed by atoms with E-state index in [4.69, 9.17) is 44.3 Å². The van der Waals surface area contributed by atoms with Crippen molar-refractivity contribution in [1.82, 2.24) is 10.3 Å². The van der Waals surface area contributed by atoms with Crippen molar-refractivity contribution in [2.45, 2.75) is 89.7 Å². The van der Waals surface area contributed by atoms with Crippen molar-refractivity contribution in [3.63, 3.8) is 0 Å². The van der Waals surface area contributed by atoms with Gasteiger partial charge in [-0.1, -0.05) is 112 Å². The number of methoxy groups -OCH3 is 1. The average Bonchev–Trinajstić information content (AvgIpc) is 3.60. The molecular formula is C34H43Cl3N4O5S. The Labute approximate surface area is 296 Å². The van der Waals surface area contributed by atoms with Crippen molar-refractivity contribution in [3.8, 4) is 0 Å². The second-order valence-electron chi connectivity index (χ2n) is 11.7. The number of nitrogens with zero attached hydrogens (tertiary/aromatic N) is 3. The third-order valence-electron chi connectivity index (χ3n) is 8.18. The number of rotatable bonds is 18. The fourth-order valence-electron chi connectivity index (χ4n) is 5.58. The number of halogens is 3. The third kappa shape index (κ3) is 10.5. The number of carbonyl (C=O) groups is 3. The van der Waals surface area contributed by atoms with Gasteiger partial charge in [0.25, 0.3) is 5.91 Å². The monoisotopic (exact) mass is 724 g/mol. The van der Waals surface area contributed by atoms with Crippen molar-refractivity contribution in [1.29, 1.82) is 0 Å². The summed E-state index contributed by atoms with van der Waals surface area (Å²) in [6.07, 6.45) is 13.2. The molecule has 0 aromatic heterocycles. The molecule has 2 unspecified atom stereocenters. The van der Waals surface area contributed by atoms with E-state index in [0.717, 1.165) is 19.3 Å². The molecule has 4 rings (SSSR count). The number of thioether (sulfide) groups is 1. The number of nitrogens with one attached hydrogen (secondary N) is 1. The Bertz CT molecular complexity index is 1400. The molecule has 0 spiro atoms. The standard InChI is InChI=1S/C34H43Cl3N4O5S/c1-3-4-5-6-7-8-9-10-11-12-16-26(45-2)20-46-34(44)23-14-13-15-25(17-23)38-32-31(40-22-47-21-29(40)42)33(43)41(39-32)30-27(36)18-24(35)19-28(30)37/h13-15,17-19,26,31H,3-12,16,20-22H2,1-2H3,(H,38,39). The number of benzene rings is 2. The highest BCUT2D eigenvalue weighted by molar-refractivity contribution is 8.00. The SMILES string of the molecule is CCCCCCCCCCCCC(COC(=O)c1cccc(N=C2NN(c3c(Cl)cc(Cl)cc3Cl)C(=O)C2N2CSCC2=O)c1)OC. The summed E-state index contributed by atoms with van der Waals surface area (Å²) in [6.45, 7) is 2.39. The molecule has 2 aliphatic rings. The lowest BCUT2D eigenvalue weighted by molar-refractivity contribution is -0.132. The van der Waals surface area contributed by atoms with Gasteiger partial charge in [-0.3, -0.25) is 15.0 Å². The van der Waals surface area contributed by atoms with Crippen LogP contribution >= 0.6 is 46.6 Å². The van der Waals surface area contributed by atoms with Crippen LogP contribution < -0.4 is 10.4 Å². The quantitative estimate of drug-likeness (QED) is 0.121. The zero-order chi connectivity index (χ0) is 33.8. The molecular weight excluding hydrogens is 683 g/mol. The summed E-state index contributed by atoms with van der Waals surface area (Å²) >= 11 is 20.3. The van der Waals surface area contributed by atoms with Crippen molar-refractivity contribution in [2.24, 2.45) is 4.99 Å². The molecule has 0 bridgehead atoms. The van der Waals surface area contributed by atoms with E-state index < -0.39 is 17.9 Å². The Morgan fingerprint density at radius 1 is 1.00 bits per heavy atom. The van der Waals surface area contributed by atoms with E-state index in [1.54, 1.807) is 31.4 Å². The maximum atomic E-state index is 13.7. The highest BCUT2D eigenvalue weighted by atomic mass is 35.5. The molecule has 2 fully saturated rings. The molecule has 0 radical (unpaired) electrons. The van der Waals surface area contributed by atoms with E-state index in [1.807, 2.05) is 0 Å². The molecule has 2 aromatic rings. The van der Waals surface area contributed by atoms with Crippen molar-refractivity contribution in [2.75, 3.05) is 30.4 Å². The minimum Gasteiger partial charge on any atom is -0.459 e. The lowest BCUT2D eigenvalue weighted by Gasteiger charge is -2.21.